The molecule has 1 aliphatic carbocycles. The Morgan fingerprint density at radius 1 is 1.50 bits per heavy atom. The van der Waals surface area contributed by atoms with Gasteiger partial charge in [-0.05, 0) is 30.9 Å². The van der Waals surface area contributed by atoms with Crippen LogP contribution in [0, 0.1) is 5.92 Å². The van der Waals surface area contributed by atoms with E-state index < -0.39 is 0 Å². The highest BCUT2D eigenvalue weighted by Gasteiger charge is 2.19. The molecule has 4 heteroatoms. The van der Waals surface area contributed by atoms with Gasteiger partial charge in [0.1, 0.15) is 5.82 Å². The van der Waals surface area contributed by atoms with Gasteiger partial charge in [-0.25, -0.2) is 0 Å². The molecule has 1 aliphatic rings. The second-order valence-electron chi connectivity index (χ2n) is 4.31. The lowest BCUT2D eigenvalue weighted by Crippen LogP contribution is -2.05. The zero-order valence-electron chi connectivity index (χ0n) is 9.70. The summed E-state index contributed by atoms with van der Waals surface area (Å²) in [6, 6.07) is 3.70. The summed E-state index contributed by atoms with van der Waals surface area (Å²) in [5, 5.41) is 3.28. The molecule has 0 bridgehead atoms. The summed E-state index contributed by atoms with van der Waals surface area (Å²) in [6.07, 6.45) is 5.39. The Bertz CT molecular complexity index is 350. The SMILES string of the molecule is COc1nc(NCCCC2CC2)ccc1N. The van der Waals surface area contributed by atoms with Crippen LogP contribution in [0.2, 0.25) is 0 Å². The molecular formula is C12H19N3O. The van der Waals surface area contributed by atoms with Crippen LogP contribution >= 0.6 is 0 Å². The molecule has 1 aromatic rings. The third-order valence-corrected chi connectivity index (χ3v) is 2.88. The molecule has 0 atom stereocenters. The predicted molar refractivity (Wildman–Crippen MR) is 65.6 cm³/mol. The van der Waals surface area contributed by atoms with Crippen LogP contribution in [0.3, 0.4) is 0 Å². The van der Waals surface area contributed by atoms with Crippen LogP contribution in [0.25, 0.3) is 0 Å². The minimum Gasteiger partial charge on any atom is -0.479 e. The van der Waals surface area contributed by atoms with Crippen molar-refractivity contribution in [3.63, 3.8) is 0 Å². The summed E-state index contributed by atoms with van der Waals surface area (Å²) in [7, 11) is 1.58. The van der Waals surface area contributed by atoms with Crippen molar-refractivity contribution in [2.45, 2.75) is 25.7 Å². The van der Waals surface area contributed by atoms with E-state index in [1.54, 1.807) is 7.11 Å². The highest BCUT2D eigenvalue weighted by molar-refractivity contribution is 5.53. The van der Waals surface area contributed by atoms with Crippen molar-refractivity contribution in [2.24, 2.45) is 5.92 Å². The molecule has 0 aliphatic heterocycles. The molecule has 1 heterocycles. The van der Waals surface area contributed by atoms with Crippen molar-refractivity contribution < 1.29 is 4.74 Å². The van der Waals surface area contributed by atoms with Crippen molar-refractivity contribution in [2.75, 3.05) is 24.7 Å². The molecule has 1 aromatic heterocycles. The summed E-state index contributed by atoms with van der Waals surface area (Å²) in [5.41, 5.74) is 6.26. The smallest absolute Gasteiger partial charge is 0.238 e. The zero-order chi connectivity index (χ0) is 11.4. The summed E-state index contributed by atoms with van der Waals surface area (Å²) in [4.78, 5) is 4.26. The monoisotopic (exact) mass is 221 g/mol. The maximum Gasteiger partial charge on any atom is 0.238 e. The molecule has 0 spiro atoms. The third kappa shape index (κ3) is 3.02. The third-order valence-electron chi connectivity index (χ3n) is 2.88. The van der Waals surface area contributed by atoms with Crippen LogP contribution in [0.5, 0.6) is 5.88 Å². The Kier molecular flexibility index (Phi) is 3.49. The van der Waals surface area contributed by atoms with Crippen molar-refractivity contribution in [3.8, 4) is 5.88 Å². The Morgan fingerprint density at radius 2 is 2.31 bits per heavy atom. The molecule has 1 saturated carbocycles. The summed E-state index contributed by atoms with van der Waals surface area (Å²) in [6.45, 7) is 0.969. The first-order valence-electron chi connectivity index (χ1n) is 5.84. The molecule has 88 valence electrons. The molecule has 1 fully saturated rings. The van der Waals surface area contributed by atoms with Crippen LogP contribution in [-0.2, 0) is 0 Å². The summed E-state index contributed by atoms with van der Waals surface area (Å²) >= 11 is 0. The van der Waals surface area contributed by atoms with Crippen molar-refractivity contribution in [1.29, 1.82) is 0 Å². The Morgan fingerprint density at radius 3 is 3.00 bits per heavy atom. The summed E-state index contributed by atoms with van der Waals surface area (Å²) in [5.74, 6) is 2.32. The number of nitrogen functional groups attached to an aromatic ring is 1. The molecular weight excluding hydrogens is 202 g/mol. The fraction of sp³-hybridized carbons (Fsp3) is 0.583. The first-order chi connectivity index (χ1) is 7.79. The van der Waals surface area contributed by atoms with Gasteiger partial charge in [0.15, 0.2) is 0 Å². The van der Waals surface area contributed by atoms with Gasteiger partial charge in [-0.15, -0.1) is 0 Å². The maximum atomic E-state index is 5.69. The lowest BCUT2D eigenvalue weighted by atomic mass is 10.2. The number of anilines is 2. The number of nitrogens with one attached hydrogen (secondary N) is 1. The molecule has 2 rings (SSSR count). The van der Waals surface area contributed by atoms with Gasteiger partial charge in [0.2, 0.25) is 5.88 Å². The van der Waals surface area contributed by atoms with E-state index in [9.17, 15) is 0 Å². The van der Waals surface area contributed by atoms with Gasteiger partial charge < -0.3 is 15.8 Å². The minimum absolute atomic E-state index is 0.493. The topological polar surface area (TPSA) is 60.2 Å². The van der Waals surface area contributed by atoms with E-state index in [1.165, 1.54) is 25.7 Å². The van der Waals surface area contributed by atoms with Crippen molar-refractivity contribution in [3.05, 3.63) is 12.1 Å². The number of nitrogens with zero attached hydrogens (tertiary/aromatic N) is 1. The van der Waals surface area contributed by atoms with Crippen LogP contribution in [0.1, 0.15) is 25.7 Å². The molecule has 0 radical (unpaired) electrons. The Balaban J connectivity index is 1.78. The van der Waals surface area contributed by atoms with Gasteiger partial charge >= 0.3 is 0 Å². The van der Waals surface area contributed by atoms with Gasteiger partial charge in [-0.2, -0.15) is 4.98 Å². The summed E-state index contributed by atoms with van der Waals surface area (Å²) < 4.78 is 5.06. The quantitative estimate of drug-likeness (QED) is 0.723. The number of pyridine rings is 1. The van der Waals surface area contributed by atoms with Gasteiger partial charge in [-0.3, -0.25) is 0 Å². The fourth-order valence-electron chi connectivity index (χ4n) is 1.73. The molecule has 0 aromatic carbocycles. The van der Waals surface area contributed by atoms with Crippen LogP contribution in [0.15, 0.2) is 12.1 Å². The predicted octanol–water partition coefficient (Wildman–Crippen LogP) is 2.27. The average Bonchev–Trinajstić information content (AvgIpc) is 3.10. The van der Waals surface area contributed by atoms with E-state index in [2.05, 4.69) is 10.3 Å². The van der Waals surface area contributed by atoms with E-state index in [-0.39, 0.29) is 0 Å². The largest absolute Gasteiger partial charge is 0.479 e. The maximum absolute atomic E-state index is 5.69. The standard InChI is InChI=1S/C12H19N3O/c1-16-12-10(13)6-7-11(15-12)14-8-2-3-9-4-5-9/h6-7,9H,2-5,8,13H2,1H3,(H,14,15). The van der Waals surface area contributed by atoms with Crippen LogP contribution in [0.4, 0.5) is 11.5 Å². The van der Waals surface area contributed by atoms with Gasteiger partial charge in [0, 0.05) is 6.54 Å². The molecule has 4 nitrogen and oxygen atoms in total. The Labute approximate surface area is 96.2 Å². The number of nitrogens with two attached hydrogens (primary N) is 1. The van der Waals surface area contributed by atoms with E-state index in [0.717, 1.165) is 18.3 Å². The number of ether oxygens (including phenoxy) is 1. The highest BCUT2D eigenvalue weighted by Crippen LogP contribution is 2.33. The van der Waals surface area contributed by atoms with E-state index >= 15 is 0 Å². The lowest BCUT2D eigenvalue weighted by molar-refractivity contribution is 0.401. The second-order valence-corrected chi connectivity index (χ2v) is 4.31. The first kappa shape index (κ1) is 11.0. The van der Waals surface area contributed by atoms with Gasteiger partial charge in [-0.1, -0.05) is 12.8 Å². The van der Waals surface area contributed by atoms with E-state index in [4.69, 9.17) is 10.5 Å². The molecule has 16 heavy (non-hydrogen) atoms. The van der Waals surface area contributed by atoms with Gasteiger partial charge in [0.05, 0.1) is 12.8 Å². The number of aromatic nitrogens is 1. The van der Waals surface area contributed by atoms with E-state index in [1.807, 2.05) is 12.1 Å². The minimum atomic E-state index is 0.493. The lowest BCUT2D eigenvalue weighted by Gasteiger charge is -2.08. The normalized spacial score (nSPS) is 14.8. The second kappa shape index (κ2) is 5.05. The Hall–Kier alpha value is -1.45. The first-order valence-corrected chi connectivity index (χ1v) is 5.84. The van der Waals surface area contributed by atoms with Crippen molar-refractivity contribution >= 4 is 11.5 Å². The molecule has 3 N–H and O–H groups in total. The fourth-order valence-corrected chi connectivity index (χ4v) is 1.73. The van der Waals surface area contributed by atoms with Crippen molar-refractivity contribution in [1.82, 2.24) is 4.98 Å². The molecule has 0 amide bonds. The van der Waals surface area contributed by atoms with E-state index in [0.29, 0.717) is 11.6 Å². The number of methoxy groups -OCH3 is 1. The van der Waals surface area contributed by atoms with Crippen LogP contribution < -0.4 is 15.8 Å². The molecule has 0 saturated heterocycles. The number of rotatable bonds is 6. The van der Waals surface area contributed by atoms with Gasteiger partial charge in [0.25, 0.3) is 0 Å². The number of hydrogen-bond donors (Lipinski definition) is 2. The average molecular weight is 221 g/mol. The number of hydrogen-bond acceptors (Lipinski definition) is 4. The van der Waals surface area contributed by atoms with Crippen LogP contribution in [-0.4, -0.2) is 18.6 Å². The molecule has 0 unspecified atom stereocenters. The highest BCUT2D eigenvalue weighted by atomic mass is 16.5. The zero-order valence-corrected chi connectivity index (χ0v) is 9.70.